The summed E-state index contributed by atoms with van der Waals surface area (Å²) >= 11 is 0. The van der Waals surface area contributed by atoms with Crippen molar-refractivity contribution in [3.05, 3.63) is 29.6 Å². The Kier molecular flexibility index (Phi) is 5.15. The van der Waals surface area contributed by atoms with Gasteiger partial charge in [-0.3, -0.25) is 9.59 Å². The molecule has 2 amide bonds. The standard InChI is InChI=1S/C12H14FN3O4/c1-20-12(19)7-3-2-6(13)4-9(7)16-11(18)8(14)5-10(15)17/h2-4,8H,5,14H2,1H3,(H2,15,17)(H,16,18). The Morgan fingerprint density at radius 3 is 2.60 bits per heavy atom. The van der Waals surface area contributed by atoms with Crippen LogP contribution in [0.2, 0.25) is 0 Å². The van der Waals surface area contributed by atoms with Crippen LogP contribution in [0.15, 0.2) is 18.2 Å². The molecule has 0 aromatic heterocycles. The van der Waals surface area contributed by atoms with Gasteiger partial charge < -0.3 is 21.5 Å². The van der Waals surface area contributed by atoms with Gasteiger partial charge in [0.25, 0.3) is 0 Å². The predicted molar refractivity (Wildman–Crippen MR) is 68.2 cm³/mol. The van der Waals surface area contributed by atoms with E-state index in [4.69, 9.17) is 11.5 Å². The molecule has 5 N–H and O–H groups in total. The molecule has 1 aromatic carbocycles. The number of hydrogen-bond acceptors (Lipinski definition) is 5. The molecule has 8 heteroatoms. The van der Waals surface area contributed by atoms with E-state index in [1.54, 1.807) is 0 Å². The number of nitrogens with two attached hydrogens (primary N) is 2. The van der Waals surface area contributed by atoms with Crippen LogP contribution >= 0.6 is 0 Å². The van der Waals surface area contributed by atoms with E-state index in [0.717, 1.165) is 25.3 Å². The maximum atomic E-state index is 13.2. The van der Waals surface area contributed by atoms with Gasteiger partial charge in [0, 0.05) is 0 Å². The van der Waals surface area contributed by atoms with Gasteiger partial charge >= 0.3 is 5.97 Å². The molecule has 0 saturated carbocycles. The van der Waals surface area contributed by atoms with Gasteiger partial charge in [-0.25, -0.2) is 9.18 Å². The van der Waals surface area contributed by atoms with E-state index in [-0.39, 0.29) is 17.7 Å². The van der Waals surface area contributed by atoms with Crippen LogP contribution < -0.4 is 16.8 Å². The van der Waals surface area contributed by atoms with Crippen molar-refractivity contribution in [3.8, 4) is 0 Å². The zero-order valence-electron chi connectivity index (χ0n) is 10.7. The van der Waals surface area contributed by atoms with E-state index in [9.17, 15) is 18.8 Å². The lowest BCUT2D eigenvalue weighted by Crippen LogP contribution is -2.39. The number of nitrogens with one attached hydrogen (secondary N) is 1. The van der Waals surface area contributed by atoms with Crippen LogP contribution in [0, 0.1) is 5.82 Å². The lowest BCUT2D eigenvalue weighted by molar-refractivity contribution is -0.123. The number of esters is 1. The van der Waals surface area contributed by atoms with Crippen LogP contribution in [0.25, 0.3) is 0 Å². The molecule has 0 saturated heterocycles. The first-order valence-corrected chi connectivity index (χ1v) is 5.57. The number of halogens is 1. The van der Waals surface area contributed by atoms with Crippen molar-refractivity contribution in [1.82, 2.24) is 0 Å². The molecule has 0 aliphatic carbocycles. The van der Waals surface area contributed by atoms with Crippen molar-refractivity contribution >= 4 is 23.5 Å². The van der Waals surface area contributed by atoms with E-state index >= 15 is 0 Å². The Bertz CT molecular complexity index is 548. The molecule has 108 valence electrons. The van der Waals surface area contributed by atoms with Gasteiger partial charge in [0.2, 0.25) is 11.8 Å². The lowest BCUT2D eigenvalue weighted by Gasteiger charge is -2.13. The first-order chi connectivity index (χ1) is 9.35. The average Bonchev–Trinajstić information content (AvgIpc) is 2.37. The fourth-order valence-corrected chi connectivity index (χ4v) is 1.44. The molecule has 0 bridgehead atoms. The van der Waals surface area contributed by atoms with Crippen molar-refractivity contribution in [2.45, 2.75) is 12.5 Å². The smallest absolute Gasteiger partial charge is 0.339 e. The summed E-state index contributed by atoms with van der Waals surface area (Å²) in [7, 11) is 1.15. The number of ether oxygens (including phenoxy) is 1. The van der Waals surface area contributed by atoms with Gasteiger partial charge in [0.1, 0.15) is 5.82 Å². The maximum absolute atomic E-state index is 13.2. The molecule has 1 atom stereocenters. The van der Waals surface area contributed by atoms with Crippen LogP contribution in [-0.2, 0) is 14.3 Å². The van der Waals surface area contributed by atoms with Crippen molar-refractivity contribution in [1.29, 1.82) is 0 Å². The molecule has 0 radical (unpaired) electrons. The summed E-state index contributed by atoms with van der Waals surface area (Å²) in [6, 6.07) is 1.96. The summed E-state index contributed by atoms with van der Waals surface area (Å²) in [4.78, 5) is 33.8. The predicted octanol–water partition coefficient (Wildman–Crippen LogP) is -0.246. The number of rotatable bonds is 5. The summed E-state index contributed by atoms with van der Waals surface area (Å²) in [6.07, 6.45) is -0.366. The van der Waals surface area contributed by atoms with Crippen molar-refractivity contribution < 1.29 is 23.5 Å². The Labute approximate surface area is 114 Å². The van der Waals surface area contributed by atoms with Gasteiger partial charge in [-0.15, -0.1) is 0 Å². The number of hydrogen-bond donors (Lipinski definition) is 3. The molecule has 7 nitrogen and oxygen atoms in total. The fraction of sp³-hybridized carbons (Fsp3) is 0.250. The number of carbonyl (C=O) groups excluding carboxylic acids is 3. The van der Waals surface area contributed by atoms with Gasteiger partial charge in [-0.05, 0) is 18.2 Å². The minimum Gasteiger partial charge on any atom is -0.465 e. The first-order valence-electron chi connectivity index (χ1n) is 5.57. The van der Waals surface area contributed by atoms with Crippen molar-refractivity contribution in [2.24, 2.45) is 11.5 Å². The van der Waals surface area contributed by atoms with Gasteiger partial charge in [0.05, 0.1) is 30.8 Å². The topological polar surface area (TPSA) is 125 Å². The van der Waals surface area contributed by atoms with Crippen LogP contribution in [-0.4, -0.2) is 30.9 Å². The van der Waals surface area contributed by atoms with Crippen molar-refractivity contribution in [3.63, 3.8) is 0 Å². The summed E-state index contributed by atoms with van der Waals surface area (Å²) in [6.45, 7) is 0. The van der Waals surface area contributed by atoms with Crippen LogP contribution in [0.4, 0.5) is 10.1 Å². The van der Waals surface area contributed by atoms with E-state index in [2.05, 4.69) is 10.1 Å². The number of carbonyl (C=O) groups is 3. The van der Waals surface area contributed by atoms with E-state index in [1.807, 2.05) is 0 Å². The molecule has 1 unspecified atom stereocenters. The number of benzene rings is 1. The molecule has 0 heterocycles. The number of methoxy groups -OCH3 is 1. The molecule has 0 aliphatic rings. The van der Waals surface area contributed by atoms with Crippen LogP contribution in [0.5, 0.6) is 0 Å². The SMILES string of the molecule is COC(=O)c1ccc(F)cc1NC(=O)C(N)CC(N)=O. The Morgan fingerprint density at radius 1 is 1.40 bits per heavy atom. The maximum Gasteiger partial charge on any atom is 0.339 e. The molecule has 0 aliphatic heterocycles. The first kappa shape index (κ1) is 15.6. The van der Waals surface area contributed by atoms with Gasteiger partial charge in [-0.1, -0.05) is 0 Å². The van der Waals surface area contributed by atoms with Crippen LogP contribution in [0.3, 0.4) is 0 Å². The highest BCUT2D eigenvalue weighted by molar-refractivity contribution is 6.03. The lowest BCUT2D eigenvalue weighted by atomic mass is 10.1. The molecule has 1 rings (SSSR count). The molecular formula is C12H14FN3O4. The second kappa shape index (κ2) is 6.62. The highest BCUT2D eigenvalue weighted by atomic mass is 19.1. The largest absolute Gasteiger partial charge is 0.465 e. The third kappa shape index (κ3) is 4.02. The fourth-order valence-electron chi connectivity index (χ4n) is 1.44. The normalized spacial score (nSPS) is 11.6. The van der Waals surface area contributed by atoms with Crippen LogP contribution in [0.1, 0.15) is 16.8 Å². The van der Waals surface area contributed by atoms with Gasteiger partial charge in [-0.2, -0.15) is 0 Å². The monoisotopic (exact) mass is 283 g/mol. The van der Waals surface area contributed by atoms with E-state index < -0.39 is 29.6 Å². The summed E-state index contributed by atoms with van der Waals surface area (Å²) in [5.74, 6) is -2.92. The minimum atomic E-state index is -1.19. The Morgan fingerprint density at radius 2 is 2.05 bits per heavy atom. The second-order valence-electron chi connectivity index (χ2n) is 3.95. The zero-order valence-corrected chi connectivity index (χ0v) is 10.7. The quantitative estimate of drug-likeness (QED) is 0.643. The Hall–Kier alpha value is -2.48. The summed E-state index contributed by atoms with van der Waals surface area (Å²) < 4.78 is 17.7. The molecule has 0 spiro atoms. The third-order valence-electron chi connectivity index (χ3n) is 2.40. The molecular weight excluding hydrogens is 269 g/mol. The van der Waals surface area contributed by atoms with E-state index in [1.165, 1.54) is 0 Å². The third-order valence-corrected chi connectivity index (χ3v) is 2.40. The number of primary amides is 1. The Balaban J connectivity index is 2.96. The highest BCUT2D eigenvalue weighted by Crippen LogP contribution is 2.18. The van der Waals surface area contributed by atoms with E-state index in [0.29, 0.717) is 0 Å². The number of anilines is 1. The summed E-state index contributed by atoms with van der Waals surface area (Å²) in [5.41, 5.74) is 10.2. The minimum absolute atomic E-state index is 0.0338. The zero-order chi connectivity index (χ0) is 15.3. The second-order valence-corrected chi connectivity index (χ2v) is 3.95. The average molecular weight is 283 g/mol. The van der Waals surface area contributed by atoms with Gasteiger partial charge in [0.15, 0.2) is 0 Å². The molecule has 1 aromatic rings. The highest BCUT2D eigenvalue weighted by Gasteiger charge is 2.20. The summed E-state index contributed by atoms with van der Waals surface area (Å²) in [5, 5.41) is 2.26. The number of amides is 2. The van der Waals surface area contributed by atoms with Crippen molar-refractivity contribution in [2.75, 3.05) is 12.4 Å². The molecule has 0 fully saturated rings. The molecule has 20 heavy (non-hydrogen) atoms.